The fraction of sp³-hybridized carbons (Fsp3) is 0.840. The summed E-state index contributed by atoms with van der Waals surface area (Å²) in [5.74, 6) is -0.808. The SMILES string of the molecule is CCCCCCC/C=C\C/C=C\CCCCCCCCCCCC(=O)OC(COC(=O)CCCCCCC/C=C\CCCCCCCC)COP(=O)(O)OCC[N+](C)(C)C. The van der Waals surface area contributed by atoms with Crippen molar-refractivity contribution >= 4 is 19.8 Å². The number of carbonyl (C=O) groups excluding carboxylic acids is 2. The molecule has 2 atom stereocenters. The molecule has 0 radical (unpaired) electrons. The quantitative estimate of drug-likeness (QED) is 0.0212. The molecule has 0 aromatic carbocycles. The van der Waals surface area contributed by atoms with Crippen LogP contribution in [-0.4, -0.2) is 74.9 Å². The van der Waals surface area contributed by atoms with Crippen LogP contribution < -0.4 is 0 Å². The van der Waals surface area contributed by atoms with Crippen LogP contribution in [0.1, 0.15) is 219 Å². The molecule has 2 unspecified atom stereocenters. The standard InChI is InChI=1S/C50H94NO8P/c1-6-8-10-12-14-16-18-20-22-23-24-25-26-27-29-31-33-35-37-39-41-43-50(53)59-48(47-58-60(54,55)57-45-44-51(3,4)5)46-56-49(52)42-40-38-36-34-32-30-28-21-19-17-15-13-11-9-7-2/h18,20-21,23-24,28,48H,6-17,19,22,25-27,29-47H2,1-5H3/p+1/b20-18-,24-23-,28-21-. The van der Waals surface area contributed by atoms with Gasteiger partial charge in [-0.1, -0.05) is 172 Å². The van der Waals surface area contributed by atoms with Crippen LogP contribution in [0.2, 0.25) is 0 Å². The Kier molecular flexibility index (Phi) is 41.3. The molecule has 0 spiro atoms. The van der Waals surface area contributed by atoms with Crippen LogP contribution in [-0.2, 0) is 32.7 Å². The van der Waals surface area contributed by atoms with E-state index in [0.29, 0.717) is 17.4 Å². The number of rotatable bonds is 45. The molecule has 0 aliphatic rings. The first kappa shape index (κ1) is 58.2. The van der Waals surface area contributed by atoms with E-state index in [0.717, 1.165) is 64.2 Å². The lowest BCUT2D eigenvalue weighted by Crippen LogP contribution is -2.37. The van der Waals surface area contributed by atoms with E-state index in [9.17, 15) is 19.0 Å². The number of esters is 2. The molecule has 0 rings (SSSR count). The Hall–Kier alpha value is -1.77. The predicted molar refractivity (Wildman–Crippen MR) is 252 cm³/mol. The molecular formula is C50H95NO8P+. The third-order valence-electron chi connectivity index (χ3n) is 10.6. The maximum Gasteiger partial charge on any atom is 0.472 e. The first-order valence-corrected chi connectivity index (χ1v) is 26.2. The van der Waals surface area contributed by atoms with Crippen LogP contribution in [0.15, 0.2) is 36.5 Å². The molecule has 352 valence electrons. The average molecular weight is 869 g/mol. The van der Waals surface area contributed by atoms with E-state index in [1.165, 1.54) is 122 Å². The van der Waals surface area contributed by atoms with Gasteiger partial charge < -0.3 is 18.9 Å². The molecule has 0 bridgehead atoms. The first-order valence-electron chi connectivity index (χ1n) is 24.7. The predicted octanol–water partition coefficient (Wildman–Crippen LogP) is 14.5. The van der Waals surface area contributed by atoms with Crippen LogP contribution in [0.3, 0.4) is 0 Å². The van der Waals surface area contributed by atoms with Crippen molar-refractivity contribution in [2.45, 2.75) is 225 Å². The largest absolute Gasteiger partial charge is 0.472 e. The van der Waals surface area contributed by atoms with Crippen molar-refractivity contribution in [3.8, 4) is 0 Å². The van der Waals surface area contributed by atoms with E-state index in [2.05, 4.69) is 50.3 Å². The number of ether oxygens (including phenoxy) is 2. The Bertz CT molecular complexity index is 1120. The van der Waals surface area contributed by atoms with Gasteiger partial charge in [0.05, 0.1) is 27.7 Å². The topological polar surface area (TPSA) is 108 Å². The Balaban J connectivity index is 4.28. The number of carbonyl (C=O) groups is 2. The highest BCUT2D eigenvalue weighted by atomic mass is 31.2. The van der Waals surface area contributed by atoms with E-state index in [1.807, 2.05) is 21.1 Å². The fourth-order valence-electron chi connectivity index (χ4n) is 6.75. The molecule has 0 aliphatic heterocycles. The monoisotopic (exact) mass is 869 g/mol. The number of quaternary nitrogens is 1. The Labute approximate surface area is 370 Å². The zero-order valence-electron chi connectivity index (χ0n) is 39.7. The lowest BCUT2D eigenvalue weighted by molar-refractivity contribution is -0.870. The highest BCUT2D eigenvalue weighted by Gasteiger charge is 2.27. The number of unbranched alkanes of at least 4 members (excludes halogenated alkanes) is 25. The van der Waals surface area contributed by atoms with Gasteiger partial charge in [0.25, 0.3) is 0 Å². The van der Waals surface area contributed by atoms with Gasteiger partial charge >= 0.3 is 19.8 Å². The molecular weight excluding hydrogens is 774 g/mol. The molecule has 0 saturated heterocycles. The van der Waals surface area contributed by atoms with E-state index in [4.69, 9.17) is 18.5 Å². The second kappa shape index (κ2) is 42.5. The average Bonchev–Trinajstić information content (AvgIpc) is 3.20. The number of likely N-dealkylation sites (N-methyl/N-ethyl adjacent to an activating group) is 1. The highest BCUT2D eigenvalue weighted by molar-refractivity contribution is 7.47. The maximum atomic E-state index is 12.7. The van der Waals surface area contributed by atoms with Crippen molar-refractivity contribution < 1.29 is 42.1 Å². The summed E-state index contributed by atoms with van der Waals surface area (Å²) in [6, 6.07) is 0. The summed E-state index contributed by atoms with van der Waals surface area (Å²) in [6.07, 6.45) is 49.0. The molecule has 0 fully saturated rings. The minimum atomic E-state index is -4.38. The van der Waals surface area contributed by atoms with Crippen LogP contribution in [0.25, 0.3) is 0 Å². The maximum absolute atomic E-state index is 12.7. The van der Waals surface area contributed by atoms with Gasteiger partial charge in [0, 0.05) is 12.8 Å². The number of hydrogen-bond donors (Lipinski definition) is 1. The van der Waals surface area contributed by atoms with Crippen molar-refractivity contribution in [3.05, 3.63) is 36.5 Å². The fourth-order valence-corrected chi connectivity index (χ4v) is 7.49. The van der Waals surface area contributed by atoms with Crippen LogP contribution in [0.4, 0.5) is 0 Å². The molecule has 0 heterocycles. The molecule has 10 heteroatoms. The number of hydrogen-bond acceptors (Lipinski definition) is 7. The van der Waals surface area contributed by atoms with Crippen LogP contribution in [0, 0.1) is 0 Å². The van der Waals surface area contributed by atoms with Gasteiger partial charge in [-0.25, -0.2) is 4.57 Å². The van der Waals surface area contributed by atoms with E-state index >= 15 is 0 Å². The van der Waals surface area contributed by atoms with Gasteiger partial charge in [0.2, 0.25) is 0 Å². The van der Waals surface area contributed by atoms with Gasteiger partial charge in [-0.2, -0.15) is 0 Å². The minimum Gasteiger partial charge on any atom is -0.462 e. The van der Waals surface area contributed by atoms with Gasteiger partial charge in [-0.05, 0) is 70.6 Å². The number of nitrogens with zero attached hydrogens (tertiary/aromatic N) is 1. The van der Waals surface area contributed by atoms with Crippen molar-refractivity contribution in [1.82, 2.24) is 0 Å². The van der Waals surface area contributed by atoms with Gasteiger partial charge in [0.1, 0.15) is 19.8 Å². The molecule has 0 aromatic heterocycles. The molecule has 0 amide bonds. The van der Waals surface area contributed by atoms with E-state index in [-0.39, 0.29) is 32.0 Å². The van der Waals surface area contributed by atoms with Gasteiger partial charge in [-0.15, -0.1) is 0 Å². The van der Waals surface area contributed by atoms with Gasteiger partial charge in [0.15, 0.2) is 6.10 Å². The zero-order chi connectivity index (χ0) is 44.3. The van der Waals surface area contributed by atoms with Crippen LogP contribution >= 0.6 is 7.82 Å². The second-order valence-electron chi connectivity index (χ2n) is 17.8. The minimum absolute atomic E-state index is 0.0297. The third-order valence-corrected chi connectivity index (χ3v) is 11.6. The zero-order valence-corrected chi connectivity index (χ0v) is 40.6. The first-order chi connectivity index (χ1) is 29.0. The Morgan fingerprint density at radius 1 is 0.517 bits per heavy atom. The van der Waals surface area contributed by atoms with Crippen LogP contribution in [0.5, 0.6) is 0 Å². The highest BCUT2D eigenvalue weighted by Crippen LogP contribution is 2.43. The second-order valence-corrected chi connectivity index (χ2v) is 19.3. The van der Waals surface area contributed by atoms with Gasteiger partial charge in [-0.3, -0.25) is 18.6 Å². The summed E-state index contributed by atoms with van der Waals surface area (Å²) in [5, 5.41) is 0. The summed E-state index contributed by atoms with van der Waals surface area (Å²) in [6.45, 7) is 4.41. The number of phosphoric ester groups is 1. The van der Waals surface area contributed by atoms with E-state index < -0.39 is 26.5 Å². The molecule has 60 heavy (non-hydrogen) atoms. The molecule has 0 aromatic rings. The lowest BCUT2D eigenvalue weighted by Gasteiger charge is -2.24. The molecule has 0 saturated carbocycles. The smallest absolute Gasteiger partial charge is 0.462 e. The number of allylic oxidation sites excluding steroid dienone is 6. The summed E-state index contributed by atoms with van der Waals surface area (Å²) in [5.41, 5.74) is 0. The summed E-state index contributed by atoms with van der Waals surface area (Å²) in [4.78, 5) is 35.5. The Morgan fingerprint density at radius 3 is 1.33 bits per heavy atom. The van der Waals surface area contributed by atoms with E-state index in [1.54, 1.807) is 0 Å². The van der Waals surface area contributed by atoms with Crippen molar-refractivity contribution in [2.24, 2.45) is 0 Å². The van der Waals surface area contributed by atoms with Crippen molar-refractivity contribution in [3.63, 3.8) is 0 Å². The molecule has 0 aliphatic carbocycles. The lowest BCUT2D eigenvalue weighted by atomic mass is 10.1. The normalized spacial score (nSPS) is 13.8. The van der Waals surface area contributed by atoms with Crippen molar-refractivity contribution in [1.29, 1.82) is 0 Å². The molecule has 1 N–H and O–H groups in total. The third kappa shape index (κ3) is 45.7. The Morgan fingerprint density at radius 2 is 0.900 bits per heavy atom. The number of phosphoric acid groups is 1. The summed E-state index contributed by atoms with van der Waals surface area (Å²) < 4.78 is 34.4. The summed E-state index contributed by atoms with van der Waals surface area (Å²) >= 11 is 0. The summed E-state index contributed by atoms with van der Waals surface area (Å²) in [7, 11) is 1.47. The van der Waals surface area contributed by atoms with Crippen molar-refractivity contribution in [2.75, 3.05) is 47.5 Å². The molecule has 9 nitrogen and oxygen atoms in total.